The smallest absolute Gasteiger partial charge is 0.349 e. The molecule has 1 fully saturated rings. The normalized spacial score (nSPS) is 21.1. The third-order valence-corrected chi connectivity index (χ3v) is 4.21. The van der Waals surface area contributed by atoms with E-state index < -0.39 is 11.9 Å². The van der Waals surface area contributed by atoms with Crippen molar-refractivity contribution in [3.8, 4) is 5.69 Å². The zero-order valence-corrected chi connectivity index (χ0v) is 13.7. The van der Waals surface area contributed by atoms with Crippen LogP contribution in [0, 0.1) is 0 Å². The van der Waals surface area contributed by atoms with Crippen molar-refractivity contribution in [2.75, 3.05) is 6.54 Å². The fraction of sp³-hybridized carbons (Fsp3) is 0.412. The van der Waals surface area contributed by atoms with Crippen LogP contribution in [0.25, 0.3) is 5.69 Å². The molecule has 5 nitrogen and oxygen atoms in total. The number of benzene rings is 1. The molecular weight excluding hydrogens is 333 g/mol. The number of nitrogens with one attached hydrogen (secondary N) is 2. The van der Waals surface area contributed by atoms with Gasteiger partial charge in [-0.2, -0.15) is 18.3 Å². The number of halogens is 3. The molecule has 1 amide bonds. The molecule has 2 heterocycles. The molecule has 2 aromatic rings. The highest BCUT2D eigenvalue weighted by atomic mass is 19.4. The number of carbonyl (C=O) groups is 1. The number of rotatable bonds is 3. The van der Waals surface area contributed by atoms with Crippen molar-refractivity contribution < 1.29 is 18.0 Å². The SMILES string of the molecule is CC1CC(NC(=O)c2cccc(-n3ccc(C(F)(F)F)n3)c2)CCN1. The van der Waals surface area contributed by atoms with E-state index in [9.17, 15) is 18.0 Å². The Hall–Kier alpha value is -2.35. The first-order valence-electron chi connectivity index (χ1n) is 8.10. The lowest BCUT2D eigenvalue weighted by molar-refractivity contribution is -0.141. The van der Waals surface area contributed by atoms with Crippen molar-refractivity contribution in [1.82, 2.24) is 20.4 Å². The van der Waals surface area contributed by atoms with Crippen LogP contribution in [0.5, 0.6) is 0 Å². The van der Waals surface area contributed by atoms with E-state index in [1.165, 1.54) is 12.3 Å². The lowest BCUT2D eigenvalue weighted by atomic mass is 10.0. The van der Waals surface area contributed by atoms with Gasteiger partial charge >= 0.3 is 6.18 Å². The van der Waals surface area contributed by atoms with Crippen molar-refractivity contribution in [3.05, 3.63) is 47.8 Å². The lowest BCUT2D eigenvalue weighted by Gasteiger charge is -2.28. The van der Waals surface area contributed by atoms with Gasteiger partial charge in [-0.05, 0) is 50.6 Å². The summed E-state index contributed by atoms with van der Waals surface area (Å²) in [5.41, 5.74) is -0.166. The standard InChI is InChI=1S/C17H19F3N4O/c1-11-9-13(5-7-21-11)22-16(25)12-3-2-4-14(10-12)24-8-6-15(23-24)17(18,19)20/h2-4,6,8,10-11,13,21H,5,7,9H2,1H3,(H,22,25). The molecule has 3 rings (SSSR count). The summed E-state index contributed by atoms with van der Waals surface area (Å²) in [6, 6.07) is 7.75. The third-order valence-electron chi connectivity index (χ3n) is 4.21. The lowest BCUT2D eigenvalue weighted by Crippen LogP contribution is -2.46. The highest BCUT2D eigenvalue weighted by Crippen LogP contribution is 2.28. The third kappa shape index (κ3) is 4.19. The minimum absolute atomic E-state index is 0.0916. The molecule has 0 radical (unpaired) electrons. The zero-order chi connectivity index (χ0) is 18.0. The van der Waals surface area contributed by atoms with Gasteiger partial charge in [-0.1, -0.05) is 6.07 Å². The van der Waals surface area contributed by atoms with Crippen LogP contribution in [0.4, 0.5) is 13.2 Å². The summed E-state index contributed by atoms with van der Waals surface area (Å²) < 4.78 is 39.1. The van der Waals surface area contributed by atoms with Gasteiger partial charge in [0.25, 0.3) is 5.91 Å². The number of piperidine rings is 1. The highest BCUT2D eigenvalue weighted by molar-refractivity contribution is 5.94. The molecule has 0 bridgehead atoms. The van der Waals surface area contributed by atoms with Gasteiger partial charge < -0.3 is 10.6 Å². The Morgan fingerprint density at radius 3 is 2.84 bits per heavy atom. The molecule has 2 N–H and O–H groups in total. The van der Waals surface area contributed by atoms with Crippen molar-refractivity contribution in [2.24, 2.45) is 0 Å². The number of amides is 1. The average molecular weight is 352 g/mol. The molecule has 2 unspecified atom stereocenters. The summed E-state index contributed by atoms with van der Waals surface area (Å²) in [6.07, 6.45) is -1.57. The van der Waals surface area contributed by atoms with Crippen molar-refractivity contribution in [3.63, 3.8) is 0 Å². The van der Waals surface area contributed by atoms with Crippen LogP contribution in [0.3, 0.4) is 0 Å². The topological polar surface area (TPSA) is 59.0 Å². The number of hydrogen-bond acceptors (Lipinski definition) is 3. The Labute approximate surface area is 143 Å². The maximum absolute atomic E-state index is 12.7. The summed E-state index contributed by atoms with van der Waals surface area (Å²) in [4.78, 5) is 12.4. The van der Waals surface area contributed by atoms with E-state index >= 15 is 0 Å². The van der Waals surface area contributed by atoms with Crippen molar-refractivity contribution in [2.45, 2.75) is 38.0 Å². The van der Waals surface area contributed by atoms with E-state index in [4.69, 9.17) is 0 Å². The van der Waals surface area contributed by atoms with Gasteiger partial charge in [0.05, 0.1) is 5.69 Å². The second-order valence-corrected chi connectivity index (χ2v) is 6.24. The quantitative estimate of drug-likeness (QED) is 0.893. The van der Waals surface area contributed by atoms with Gasteiger partial charge in [0, 0.05) is 23.8 Å². The maximum atomic E-state index is 12.7. The van der Waals surface area contributed by atoms with Crippen LogP contribution in [0.2, 0.25) is 0 Å². The predicted molar refractivity (Wildman–Crippen MR) is 86.5 cm³/mol. The van der Waals surface area contributed by atoms with Crippen LogP contribution in [-0.4, -0.2) is 34.3 Å². The van der Waals surface area contributed by atoms with Crippen LogP contribution in [-0.2, 0) is 6.18 Å². The Morgan fingerprint density at radius 1 is 1.36 bits per heavy atom. The first-order valence-corrected chi connectivity index (χ1v) is 8.10. The Balaban J connectivity index is 1.75. The van der Waals surface area contributed by atoms with E-state index in [-0.39, 0.29) is 11.9 Å². The molecule has 1 aromatic carbocycles. The fourth-order valence-electron chi connectivity index (χ4n) is 2.94. The van der Waals surface area contributed by atoms with Crippen LogP contribution >= 0.6 is 0 Å². The first-order chi connectivity index (χ1) is 11.8. The van der Waals surface area contributed by atoms with E-state index in [0.29, 0.717) is 17.3 Å². The van der Waals surface area contributed by atoms with Gasteiger partial charge in [-0.3, -0.25) is 4.79 Å². The monoisotopic (exact) mass is 352 g/mol. The minimum Gasteiger partial charge on any atom is -0.349 e. The molecule has 1 saturated heterocycles. The fourth-order valence-corrected chi connectivity index (χ4v) is 2.94. The van der Waals surface area contributed by atoms with Crippen molar-refractivity contribution >= 4 is 5.91 Å². The second-order valence-electron chi connectivity index (χ2n) is 6.24. The average Bonchev–Trinajstić information content (AvgIpc) is 3.05. The molecule has 0 spiro atoms. The molecule has 1 aliphatic heterocycles. The van der Waals surface area contributed by atoms with E-state index in [0.717, 1.165) is 30.1 Å². The summed E-state index contributed by atoms with van der Waals surface area (Å²) in [7, 11) is 0. The molecule has 134 valence electrons. The molecule has 2 atom stereocenters. The second kappa shape index (κ2) is 6.87. The van der Waals surface area contributed by atoms with Crippen LogP contribution in [0.15, 0.2) is 36.5 Å². The van der Waals surface area contributed by atoms with Crippen LogP contribution < -0.4 is 10.6 Å². The van der Waals surface area contributed by atoms with E-state index in [1.54, 1.807) is 18.2 Å². The van der Waals surface area contributed by atoms with Crippen molar-refractivity contribution in [1.29, 1.82) is 0 Å². The summed E-state index contributed by atoms with van der Waals surface area (Å²) in [5, 5.41) is 9.83. The van der Waals surface area contributed by atoms with Gasteiger partial charge in [-0.25, -0.2) is 4.68 Å². The van der Waals surface area contributed by atoms with Gasteiger partial charge in [0.2, 0.25) is 0 Å². The predicted octanol–water partition coefficient (Wildman–Crippen LogP) is 2.76. The molecule has 1 aliphatic rings. The van der Waals surface area contributed by atoms with E-state index in [2.05, 4.69) is 22.7 Å². The number of carbonyl (C=O) groups excluding carboxylic acids is 1. The molecule has 1 aromatic heterocycles. The van der Waals surface area contributed by atoms with Gasteiger partial charge in [-0.15, -0.1) is 0 Å². The summed E-state index contributed by atoms with van der Waals surface area (Å²) in [5.74, 6) is -0.232. The van der Waals surface area contributed by atoms with E-state index in [1.807, 2.05) is 0 Å². The first kappa shape index (κ1) is 17.5. The number of hydrogen-bond donors (Lipinski definition) is 2. The minimum atomic E-state index is -4.49. The Morgan fingerprint density at radius 2 is 2.16 bits per heavy atom. The molecule has 0 aliphatic carbocycles. The summed E-state index contributed by atoms with van der Waals surface area (Å²) in [6.45, 7) is 2.91. The number of aromatic nitrogens is 2. The highest BCUT2D eigenvalue weighted by Gasteiger charge is 2.33. The maximum Gasteiger partial charge on any atom is 0.435 e. The van der Waals surface area contributed by atoms with Gasteiger partial charge in [0.15, 0.2) is 5.69 Å². The molecule has 0 saturated carbocycles. The van der Waals surface area contributed by atoms with Crippen LogP contribution in [0.1, 0.15) is 35.8 Å². The Bertz CT molecular complexity index is 756. The summed E-state index contributed by atoms with van der Waals surface area (Å²) >= 11 is 0. The zero-order valence-electron chi connectivity index (χ0n) is 13.7. The molecular formula is C17H19F3N4O. The molecule has 8 heteroatoms. The Kier molecular flexibility index (Phi) is 4.80. The largest absolute Gasteiger partial charge is 0.435 e. The number of nitrogens with zero attached hydrogens (tertiary/aromatic N) is 2. The number of alkyl halides is 3. The van der Waals surface area contributed by atoms with Gasteiger partial charge in [0.1, 0.15) is 0 Å². The molecule has 25 heavy (non-hydrogen) atoms.